The van der Waals surface area contributed by atoms with Crippen LogP contribution in [0.3, 0.4) is 0 Å². The van der Waals surface area contributed by atoms with Crippen molar-refractivity contribution in [3.63, 3.8) is 0 Å². The molecule has 0 saturated heterocycles. The van der Waals surface area contributed by atoms with Gasteiger partial charge in [0.05, 0.1) is 13.2 Å². The summed E-state index contributed by atoms with van der Waals surface area (Å²) in [6.45, 7) is 5.93. The van der Waals surface area contributed by atoms with E-state index in [-0.39, 0.29) is 0 Å². The number of hydrogen-bond acceptors (Lipinski definition) is 4. The Morgan fingerprint density at radius 3 is 1.06 bits per heavy atom. The molecule has 6 aromatic rings. The molecule has 0 radical (unpaired) electrons. The predicted octanol–water partition coefficient (Wildman–Crippen LogP) is 15.8. The van der Waals surface area contributed by atoms with Gasteiger partial charge in [-0.25, -0.2) is 0 Å². The first-order chi connectivity index (χ1) is 30.7. The number of pyridine rings is 2. The highest BCUT2D eigenvalue weighted by Crippen LogP contribution is 2.46. The fourth-order valence-electron chi connectivity index (χ4n) is 8.23. The van der Waals surface area contributed by atoms with E-state index in [4.69, 9.17) is 9.47 Å². The van der Waals surface area contributed by atoms with Crippen LogP contribution in [0.1, 0.15) is 165 Å². The van der Waals surface area contributed by atoms with E-state index in [9.17, 15) is 0 Å². The van der Waals surface area contributed by atoms with Crippen LogP contribution >= 0.6 is 0 Å². The van der Waals surface area contributed by atoms with Gasteiger partial charge in [0, 0.05) is 58.2 Å². The summed E-state index contributed by atoms with van der Waals surface area (Å²) < 4.78 is 13.6. The van der Waals surface area contributed by atoms with Crippen LogP contribution in [0.25, 0.3) is 32.7 Å². The van der Waals surface area contributed by atoms with E-state index in [1.807, 2.05) is 24.3 Å². The maximum absolute atomic E-state index is 6.82. The molecule has 0 spiro atoms. The molecule has 6 rings (SSSR count). The molecule has 0 unspecified atom stereocenters. The number of hydrogen-bond donors (Lipinski definition) is 0. The van der Waals surface area contributed by atoms with Crippen LogP contribution in [0.2, 0.25) is 0 Å². The SMILES string of the molecule is CCCCCCCCCCCCOc1ccc2cc(C#Cc3ccncc3)ccc2c1-c1c(OCCCCCCCCCCCC)ccc2cc(C#Cc3ccncc3)ccc12. The lowest BCUT2D eigenvalue weighted by Gasteiger charge is -2.20. The number of aromatic nitrogens is 2. The molecule has 2 aromatic heterocycles. The van der Waals surface area contributed by atoms with Crippen molar-refractivity contribution in [2.75, 3.05) is 13.2 Å². The van der Waals surface area contributed by atoms with Gasteiger partial charge in [0.2, 0.25) is 0 Å². The molecule has 0 aliphatic heterocycles. The molecule has 322 valence electrons. The predicted molar refractivity (Wildman–Crippen MR) is 262 cm³/mol. The second-order valence-corrected chi connectivity index (χ2v) is 16.8. The number of fused-ring (bicyclic) bond motifs is 2. The van der Waals surface area contributed by atoms with Gasteiger partial charge in [-0.2, -0.15) is 0 Å². The van der Waals surface area contributed by atoms with Crippen LogP contribution < -0.4 is 9.47 Å². The number of nitrogens with zero attached hydrogens (tertiary/aromatic N) is 2. The molecule has 0 saturated carbocycles. The van der Waals surface area contributed by atoms with Gasteiger partial charge < -0.3 is 9.47 Å². The largest absolute Gasteiger partial charge is 0.493 e. The molecule has 62 heavy (non-hydrogen) atoms. The Morgan fingerprint density at radius 2 is 0.694 bits per heavy atom. The topological polar surface area (TPSA) is 44.2 Å². The zero-order valence-electron chi connectivity index (χ0n) is 37.7. The first kappa shape index (κ1) is 45.9. The third kappa shape index (κ3) is 14.8. The summed E-state index contributed by atoms with van der Waals surface area (Å²) in [6.07, 6.45) is 33.0. The maximum Gasteiger partial charge on any atom is 0.127 e. The number of benzene rings is 4. The van der Waals surface area contributed by atoms with E-state index in [1.54, 1.807) is 24.8 Å². The lowest BCUT2D eigenvalue weighted by molar-refractivity contribution is 0.301. The van der Waals surface area contributed by atoms with E-state index in [0.29, 0.717) is 13.2 Å². The van der Waals surface area contributed by atoms with Gasteiger partial charge in [-0.1, -0.05) is 177 Å². The highest BCUT2D eigenvalue weighted by molar-refractivity contribution is 6.10. The van der Waals surface area contributed by atoms with Crippen molar-refractivity contribution in [3.05, 3.63) is 132 Å². The summed E-state index contributed by atoms with van der Waals surface area (Å²) in [4.78, 5) is 8.30. The van der Waals surface area contributed by atoms with E-state index in [1.165, 1.54) is 116 Å². The third-order valence-corrected chi connectivity index (χ3v) is 11.8. The van der Waals surface area contributed by atoms with Crippen molar-refractivity contribution in [1.29, 1.82) is 0 Å². The molecule has 0 amide bonds. The minimum absolute atomic E-state index is 0.679. The zero-order valence-corrected chi connectivity index (χ0v) is 37.7. The third-order valence-electron chi connectivity index (χ3n) is 11.8. The number of rotatable bonds is 25. The fraction of sp³-hybridized carbons (Fsp3) is 0.414. The Kier molecular flexibility index (Phi) is 19.8. The van der Waals surface area contributed by atoms with Gasteiger partial charge >= 0.3 is 0 Å². The van der Waals surface area contributed by atoms with Gasteiger partial charge in [-0.15, -0.1) is 0 Å². The first-order valence-corrected chi connectivity index (χ1v) is 24.0. The molecule has 0 aliphatic carbocycles. The van der Waals surface area contributed by atoms with Crippen molar-refractivity contribution >= 4 is 21.5 Å². The van der Waals surface area contributed by atoms with Gasteiger partial charge in [0.25, 0.3) is 0 Å². The molecular formula is C58H68N2O2. The molecule has 0 aliphatic rings. The lowest BCUT2D eigenvalue weighted by Crippen LogP contribution is -2.03. The van der Waals surface area contributed by atoms with Gasteiger partial charge in [0.1, 0.15) is 11.5 Å². The molecule has 4 aromatic carbocycles. The van der Waals surface area contributed by atoms with E-state index < -0.39 is 0 Å². The second kappa shape index (κ2) is 26.7. The minimum Gasteiger partial charge on any atom is -0.493 e. The molecule has 2 heterocycles. The lowest BCUT2D eigenvalue weighted by atomic mass is 9.91. The summed E-state index contributed by atoms with van der Waals surface area (Å²) in [5.41, 5.74) is 5.96. The Bertz CT molecular complexity index is 2200. The first-order valence-electron chi connectivity index (χ1n) is 24.0. The molecule has 0 bridgehead atoms. The van der Waals surface area contributed by atoms with Gasteiger partial charge in [-0.3, -0.25) is 9.97 Å². The average Bonchev–Trinajstić information content (AvgIpc) is 3.31. The number of ether oxygens (including phenoxy) is 2. The van der Waals surface area contributed by atoms with E-state index in [2.05, 4.69) is 108 Å². The van der Waals surface area contributed by atoms with Gasteiger partial charge in [0.15, 0.2) is 0 Å². The normalized spacial score (nSPS) is 10.9. The zero-order chi connectivity index (χ0) is 42.9. The van der Waals surface area contributed by atoms with Crippen LogP contribution in [-0.4, -0.2) is 23.2 Å². The van der Waals surface area contributed by atoms with Crippen molar-refractivity contribution in [2.45, 2.75) is 142 Å². The van der Waals surface area contributed by atoms with Crippen molar-refractivity contribution in [3.8, 4) is 46.3 Å². The summed E-state index contributed by atoms with van der Waals surface area (Å²) >= 11 is 0. The Labute approximate surface area is 373 Å². The summed E-state index contributed by atoms with van der Waals surface area (Å²) in [5, 5.41) is 4.48. The quantitative estimate of drug-likeness (QED) is 0.0426. The molecule has 0 atom stereocenters. The molecule has 0 fully saturated rings. The fourth-order valence-corrected chi connectivity index (χ4v) is 8.23. The van der Waals surface area contributed by atoms with Crippen LogP contribution in [-0.2, 0) is 0 Å². The molecular weight excluding hydrogens is 757 g/mol. The van der Waals surface area contributed by atoms with Crippen LogP contribution in [0, 0.1) is 23.7 Å². The summed E-state index contributed by atoms with van der Waals surface area (Å²) in [7, 11) is 0. The van der Waals surface area contributed by atoms with Crippen LogP contribution in [0.5, 0.6) is 11.5 Å². The van der Waals surface area contributed by atoms with Crippen LogP contribution in [0.15, 0.2) is 110 Å². The molecule has 4 heteroatoms. The minimum atomic E-state index is 0.679. The average molecular weight is 825 g/mol. The van der Waals surface area contributed by atoms with Crippen LogP contribution in [0.4, 0.5) is 0 Å². The van der Waals surface area contributed by atoms with Crippen molar-refractivity contribution in [2.24, 2.45) is 0 Å². The smallest absolute Gasteiger partial charge is 0.127 e. The highest BCUT2D eigenvalue weighted by Gasteiger charge is 2.20. The molecule has 4 nitrogen and oxygen atoms in total. The Balaban J connectivity index is 1.28. The van der Waals surface area contributed by atoms with Crippen molar-refractivity contribution < 1.29 is 9.47 Å². The number of unbranched alkanes of at least 4 members (excludes halogenated alkanes) is 18. The van der Waals surface area contributed by atoms with E-state index >= 15 is 0 Å². The summed E-state index contributed by atoms with van der Waals surface area (Å²) in [5.74, 6) is 15.2. The monoisotopic (exact) mass is 825 g/mol. The highest BCUT2D eigenvalue weighted by atomic mass is 16.5. The van der Waals surface area contributed by atoms with E-state index in [0.717, 1.165) is 79.3 Å². The second-order valence-electron chi connectivity index (χ2n) is 16.8. The Hall–Kier alpha value is -5.58. The maximum atomic E-state index is 6.82. The standard InChI is InChI=1S/C58H68N2O2/c1-3-5-7-9-11-13-15-17-19-21-43-61-55-33-29-51-45-49(25-23-47-35-39-59-40-36-47)27-31-53(51)57(55)58-54-32-28-50(26-24-48-37-41-60-42-38-48)46-52(54)30-34-56(58)62-44-22-20-18-16-14-12-10-8-6-4-2/h27-42,45-46H,3-22,43-44H2,1-2H3. The summed E-state index contributed by atoms with van der Waals surface area (Å²) in [6, 6.07) is 29.6. The van der Waals surface area contributed by atoms with Crippen molar-refractivity contribution in [1.82, 2.24) is 9.97 Å². The molecule has 0 N–H and O–H groups in total. The Morgan fingerprint density at radius 1 is 0.355 bits per heavy atom. The van der Waals surface area contributed by atoms with Gasteiger partial charge in [-0.05, 0) is 95.1 Å².